The van der Waals surface area contributed by atoms with Gasteiger partial charge in [0.15, 0.2) is 5.76 Å². The van der Waals surface area contributed by atoms with Gasteiger partial charge < -0.3 is 14.6 Å². The minimum Gasteiger partial charge on any atom is -0.454 e. The largest absolute Gasteiger partial charge is 0.454 e. The van der Waals surface area contributed by atoms with Gasteiger partial charge >= 0.3 is 0 Å². The van der Waals surface area contributed by atoms with Crippen molar-refractivity contribution in [3.8, 4) is 11.5 Å². The lowest BCUT2D eigenvalue weighted by molar-refractivity contribution is 0.405. The smallest absolute Gasteiger partial charge is 0.153 e. The van der Waals surface area contributed by atoms with Crippen molar-refractivity contribution in [2.24, 2.45) is 0 Å². The van der Waals surface area contributed by atoms with Gasteiger partial charge in [-0.3, -0.25) is 0 Å². The lowest BCUT2D eigenvalue weighted by atomic mass is 10.1. The third kappa shape index (κ3) is 4.76. The van der Waals surface area contributed by atoms with Crippen molar-refractivity contribution in [2.75, 3.05) is 32.5 Å². The average molecular weight is 418 g/mol. The number of nitrogens with one attached hydrogen (secondary N) is 1. The van der Waals surface area contributed by atoms with E-state index >= 15 is 0 Å². The predicted octanol–water partition coefficient (Wildman–Crippen LogP) is 5.86. The van der Waals surface area contributed by atoms with Crippen LogP contribution >= 0.6 is 24.8 Å². The van der Waals surface area contributed by atoms with Gasteiger partial charge in [0.2, 0.25) is 0 Å². The number of nitrogens with zero attached hydrogens (tertiary/aromatic N) is 2. The number of anilines is 1. The summed E-state index contributed by atoms with van der Waals surface area (Å²) in [7, 11) is 4.19. The molecule has 148 valence electrons. The molecule has 0 fully saturated rings. The maximum Gasteiger partial charge on any atom is 0.153 e. The Balaban J connectivity index is 0.00000140. The lowest BCUT2D eigenvalue weighted by Crippen LogP contribution is -2.16. The molecule has 4 rings (SSSR count). The molecule has 28 heavy (non-hydrogen) atoms. The second-order valence-electron chi connectivity index (χ2n) is 6.81. The summed E-state index contributed by atoms with van der Waals surface area (Å²) < 4.78 is 6.02. The minimum absolute atomic E-state index is 0. The van der Waals surface area contributed by atoms with Crippen LogP contribution < -0.4 is 5.32 Å². The van der Waals surface area contributed by atoms with Crippen molar-refractivity contribution in [2.45, 2.75) is 6.42 Å². The minimum atomic E-state index is 0. The fourth-order valence-corrected chi connectivity index (χ4v) is 3.17. The molecule has 4 aromatic rings. The van der Waals surface area contributed by atoms with Crippen molar-refractivity contribution in [3.63, 3.8) is 0 Å². The highest BCUT2D eigenvalue weighted by Crippen LogP contribution is 2.31. The molecule has 2 aromatic carbocycles. The van der Waals surface area contributed by atoms with E-state index in [0.29, 0.717) is 0 Å². The van der Waals surface area contributed by atoms with E-state index in [1.807, 2.05) is 18.2 Å². The maximum atomic E-state index is 6.02. The summed E-state index contributed by atoms with van der Waals surface area (Å²) in [6.07, 6.45) is 1.07. The van der Waals surface area contributed by atoms with Crippen molar-refractivity contribution in [3.05, 3.63) is 60.7 Å². The van der Waals surface area contributed by atoms with Crippen LogP contribution in [0, 0.1) is 0 Å². The topological polar surface area (TPSA) is 41.3 Å². The maximum absolute atomic E-state index is 6.02. The van der Waals surface area contributed by atoms with Crippen LogP contribution in [0.4, 0.5) is 5.82 Å². The molecule has 0 unspecified atom stereocenters. The van der Waals surface area contributed by atoms with Crippen LogP contribution in [-0.4, -0.2) is 37.1 Å². The molecule has 6 heteroatoms. The molecule has 0 aliphatic rings. The second-order valence-corrected chi connectivity index (χ2v) is 6.81. The zero-order valence-electron chi connectivity index (χ0n) is 16.0. The molecule has 0 amide bonds. The van der Waals surface area contributed by atoms with Gasteiger partial charge in [-0.25, -0.2) is 4.98 Å². The Kier molecular flexibility index (Phi) is 7.69. The van der Waals surface area contributed by atoms with Crippen LogP contribution in [0.1, 0.15) is 6.42 Å². The van der Waals surface area contributed by atoms with Crippen LogP contribution in [0.5, 0.6) is 0 Å². The van der Waals surface area contributed by atoms with Gasteiger partial charge in [0, 0.05) is 17.3 Å². The number of pyridine rings is 1. The van der Waals surface area contributed by atoms with Gasteiger partial charge in [-0.15, -0.1) is 24.8 Å². The molecule has 0 saturated carbocycles. The average Bonchev–Trinajstić information content (AvgIpc) is 3.09. The first kappa shape index (κ1) is 22.0. The van der Waals surface area contributed by atoms with Gasteiger partial charge in [0.05, 0.1) is 0 Å². The van der Waals surface area contributed by atoms with Crippen LogP contribution in [0.15, 0.2) is 65.1 Å². The monoisotopic (exact) mass is 417 g/mol. The SMILES string of the molecule is CN(C)CCCNc1nc(-c2cc3ccccc3o2)cc2ccccc12.Cl.Cl. The van der Waals surface area contributed by atoms with Crippen LogP contribution in [0.3, 0.4) is 0 Å². The third-order valence-corrected chi connectivity index (χ3v) is 4.49. The number of rotatable bonds is 6. The lowest BCUT2D eigenvalue weighted by Gasteiger charge is -2.12. The van der Waals surface area contributed by atoms with E-state index in [0.717, 1.165) is 58.5 Å². The van der Waals surface area contributed by atoms with Crippen molar-refractivity contribution in [1.29, 1.82) is 0 Å². The number of hydrogen-bond donors (Lipinski definition) is 1. The van der Waals surface area contributed by atoms with E-state index in [4.69, 9.17) is 9.40 Å². The summed E-state index contributed by atoms with van der Waals surface area (Å²) in [5, 5.41) is 6.90. The number of aromatic nitrogens is 1. The van der Waals surface area contributed by atoms with Gasteiger partial charge in [-0.05, 0) is 50.6 Å². The molecular weight excluding hydrogens is 393 g/mol. The molecule has 0 radical (unpaired) electrons. The van der Waals surface area contributed by atoms with E-state index in [1.165, 1.54) is 0 Å². The first-order chi connectivity index (χ1) is 12.7. The van der Waals surface area contributed by atoms with E-state index in [1.54, 1.807) is 0 Å². The Morgan fingerprint density at radius 2 is 1.64 bits per heavy atom. The third-order valence-electron chi connectivity index (χ3n) is 4.49. The number of fused-ring (bicyclic) bond motifs is 2. The van der Waals surface area contributed by atoms with Gasteiger partial charge in [-0.1, -0.05) is 42.5 Å². The number of hydrogen-bond acceptors (Lipinski definition) is 4. The second kappa shape index (κ2) is 9.78. The summed E-state index contributed by atoms with van der Waals surface area (Å²) in [4.78, 5) is 7.06. The molecule has 2 heterocycles. The molecule has 1 N–H and O–H groups in total. The molecule has 0 aliphatic carbocycles. The zero-order chi connectivity index (χ0) is 17.9. The Hall–Kier alpha value is -2.27. The summed E-state index contributed by atoms with van der Waals surface area (Å²) in [6, 6.07) is 20.5. The summed E-state index contributed by atoms with van der Waals surface area (Å²) in [6.45, 7) is 1.94. The molecular formula is C22H25Cl2N3O. The molecule has 0 spiro atoms. The van der Waals surface area contributed by atoms with E-state index in [-0.39, 0.29) is 24.8 Å². The number of benzene rings is 2. The zero-order valence-corrected chi connectivity index (χ0v) is 17.6. The highest BCUT2D eigenvalue weighted by Gasteiger charge is 2.11. The first-order valence-corrected chi connectivity index (χ1v) is 8.98. The number of para-hydroxylation sites is 1. The van der Waals surface area contributed by atoms with Crippen LogP contribution in [0.2, 0.25) is 0 Å². The predicted molar refractivity (Wildman–Crippen MR) is 123 cm³/mol. The fourth-order valence-electron chi connectivity index (χ4n) is 3.17. The van der Waals surface area contributed by atoms with Gasteiger partial charge in [-0.2, -0.15) is 0 Å². The molecule has 0 atom stereocenters. The van der Waals surface area contributed by atoms with Gasteiger partial charge in [0.25, 0.3) is 0 Å². The summed E-state index contributed by atoms with van der Waals surface area (Å²) >= 11 is 0. The molecule has 0 bridgehead atoms. The molecule has 2 aromatic heterocycles. The number of furan rings is 1. The Morgan fingerprint density at radius 1 is 0.929 bits per heavy atom. The summed E-state index contributed by atoms with van der Waals surface area (Å²) in [5.74, 6) is 1.71. The Bertz CT molecular complexity index is 1010. The quantitative estimate of drug-likeness (QED) is 0.399. The van der Waals surface area contributed by atoms with Crippen molar-refractivity contribution in [1.82, 2.24) is 9.88 Å². The fraction of sp³-hybridized carbons (Fsp3) is 0.227. The first-order valence-electron chi connectivity index (χ1n) is 8.98. The molecule has 4 nitrogen and oxygen atoms in total. The summed E-state index contributed by atoms with van der Waals surface area (Å²) in [5.41, 5.74) is 1.74. The van der Waals surface area contributed by atoms with Crippen molar-refractivity contribution < 1.29 is 4.42 Å². The van der Waals surface area contributed by atoms with Crippen LogP contribution in [0.25, 0.3) is 33.2 Å². The Labute approximate surface area is 177 Å². The van der Waals surface area contributed by atoms with Gasteiger partial charge in [0.1, 0.15) is 17.1 Å². The highest BCUT2D eigenvalue weighted by molar-refractivity contribution is 5.95. The van der Waals surface area contributed by atoms with E-state index < -0.39 is 0 Å². The van der Waals surface area contributed by atoms with Crippen molar-refractivity contribution >= 4 is 52.4 Å². The normalized spacial score (nSPS) is 10.7. The number of halogens is 2. The van der Waals surface area contributed by atoms with E-state index in [9.17, 15) is 0 Å². The molecule has 0 aliphatic heterocycles. The van der Waals surface area contributed by atoms with E-state index in [2.05, 4.69) is 66.8 Å². The molecule has 0 saturated heterocycles. The standard InChI is InChI=1S/C22H23N3O.2ClH/c1-25(2)13-7-12-23-22-18-10-5-3-8-16(18)14-19(24-22)21-15-17-9-4-6-11-20(17)26-21;;/h3-6,8-11,14-15H,7,12-13H2,1-2H3,(H,23,24);2*1H. The van der Waals surface area contributed by atoms with Crippen LogP contribution in [-0.2, 0) is 0 Å². The Morgan fingerprint density at radius 3 is 2.39 bits per heavy atom. The highest BCUT2D eigenvalue weighted by atomic mass is 35.5.